The first-order chi connectivity index (χ1) is 10.9. The van der Waals surface area contributed by atoms with Crippen LogP contribution in [0.3, 0.4) is 0 Å². The monoisotopic (exact) mass is 373 g/mol. The molecule has 1 unspecified atom stereocenters. The second-order valence-electron chi connectivity index (χ2n) is 6.19. The molecule has 0 saturated carbocycles. The summed E-state index contributed by atoms with van der Waals surface area (Å²) in [6.07, 6.45) is 0.539. The molecule has 2 aromatic carbocycles. The molecule has 2 rings (SSSR count). The van der Waals surface area contributed by atoms with Gasteiger partial charge in [-0.3, -0.25) is 0 Å². The molecule has 2 atom stereocenters. The van der Waals surface area contributed by atoms with Crippen molar-refractivity contribution in [3.63, 3.8) is 0 Å². The van der Waals surface area contributed by atoms with Crippen LogP contribution in [-0.4, -0.2) is 11.7 Å². The molecule has 0 saturated heterocycles. The maximum absolute atomic E-state index is 11.2. The van der Waals surface area contributed by atoms with Crippen molar-refractivity contribution < 1.29 is 5.11 Å². The average molecular weight is 374 g/mol. The smallest absolute Gasteiger partial charge is 0.106 e. The topological polar surface area (TPSA) is 32.3 Å². The van der Waals surface area contributed by atoms with Gasteiger partial charge in [0.25, 0.3) is 0 Å². The molecule has 2 nitrogen and oxygen atoms in total. The number of hydrogen-bond donors (Lipinski definition) is 2. The Labute approximate surface area is 147 Å². The van der Waals surface area contributed by atoms with Crippen molar-refractivity contribution in [3.05, 3.63) is 82.3 Å². The van der Waals surface area contributed by atoms with Crippen molar-refractivity contribution in [2.24, 2.45) is 0 Å². The average Bonchev–Trinajstić information content (AvgIpc) is 2.53. The van der Waals surface area contributed by atoms with E-state index in [-0.39, 0.29) is 6.04 Å². The minimum absolute atomic E-state index is 0.156. The molecule has 0 aliphatic carbocycles. The van der Waals surface area contributed by atoms with Gasteiger partial charge in [-0.05, 0) is 37.1 Å². The molecule has 0 bridgehead atoms. The Hall–Kier alpha value is -1.42. The molecule has 0 spiro atoms. The van der Waals surface area contributed by atoms with Gasteiger partial charge in [-0.2, -0.15) is 0 Å². The molecule has 2 aromatic rings. The first-order valence-corrected chi connectivity index (χ1v) is 8.61. The zero-order chi connectivity index (χ0) is 16.9. The quantitative estimate of drug-likeness (QED) is 0.672. The molecule has 0 fully saturated rings. The van der Waals surface area contributed by atoms with Gasteiger partial charge in [-0.25, -0.2) is 0 Å². The van der Waals surface area contributed by atoms with Crippen LogP contribution in [0.1, 0.15) is 37.4 Å². The van der Waals surface area contributed by atoms with Crippen LogP contribution in [0, 0.1) is 0 Å². The third-order valence-electron chi connectivity index (χ3n) is 3.98. The molecule has 122 valence electrons. The number of rotatable bonds is 7. The molecule has 23 heavy (non-hydrogen) atoms. The van der Waals surface area contributed by atoms with Crippen molar-refractivity contribution in [1.29, 1.82) is 0 Å². The van der Waals surface area contributed by atoms with Gasteiger partial charge < -0.3 is 10.4 Å². The summed E-state index contributed by atoms with van der Waals surface area (Å²) in [7, 11) is 0. The summed E-state index contributed by atoms with van der Waals surface area (Å²) in [6, 6.07) is 18.2. The fraction of sp³-hybridized carbons (Fsp3) is 0.300. The summed E-state index contributed by atoms with van der Waals surface area (Å²) in [5.41, 5.74) is 2.13. The van der Waals surface area contributed by atoms with E-state index in [1.165, 1.54) is 5.56 Å². The zero-order valence-corrected chi connectivity index (χ0v) is 15.3. The Bertz CT molecular complexity index is 638. The van der Waals surface area contributed by atoms with Gasteiger partial charge in [0.1, 0.15) is 5.60 Å². The van der Waals surface area contributed by atoms with Gasteiger partial charge in [-0.15, -0.1) is 6.58 Å². The standard InChI is InChI=1S/C20H24BrNO/c1-15(2)13-20(23,18-7-5-4-6-8-18)14-22-16(3)17-9-11-19(21)12-10-17/h4-12,16,22-23H,1,13-14H2,2-3H3/t16-,20?/m0/s1. The van der Waals surface area contributed by atoms with Crippen LogP contribution in [0.5, 0.6) is 0 Å². The summed E-state index contributed by atoms with van der Waals surface area (Å²) in [5.74, 6) is 0. The highest BCUT2D eigenvalue weighted by Crippen LogP contribution is 2.28. The van der Waals surface area contributed by atoms with Crippen LogP contribution in [0.15, 0.2) is 71.2 Å². The molecular formula is C20H24BrNO. The van der Waals surface area contributed by atoms with Crippen molar-refractivity contribution in [2.45, 2.75) is 31.9 Å². The van der Waals surface area contributed by atoms with Crippen LogP contribution in [0.25, 0.3) is 0 Å². The third-order valence-corrected chi connectivity index (χ3v) is 4.50. The zero-order valence-electron chi connectivity index (χ0n) is 13.7. The first kappa shape index (κ1) is 17.9. The Kier molecular flexibility index (Phi) is 6.17. The fourth-order valence-electron chi connectivity index (χ4n) is 2.71. The lowest BCUT2D eigenvalue weighted by Gasteiger charge is -2.31. The van der Waals surface area contributed by atoms with Gasteiger partial charge in [0.2, 0.25) is 0 Å². The molecule has 0 heterocycles. The molecule has 0 aliphatic rings. The van der Waals surface area contributed by atoms with E-state index < -0.39 is 5.60 Å². The fourth-order valence-corrected chi connectivity index (χ4v) is 2.97. The maximum Gasteiger partial charge on any atom is 0.106 e. The Morgan fingerprint density at radius 2 is 1.78 bits per heavy atom. The highest BCUT2D eigenvalue weighted by molar-refractivity contribution is 9.10. The van der Waals surface area contributed by atoms with E-state index in [0.717, 1.165) is 15.6 Å². The number of aliphatic hydroxyl groups is 1. The van der Waals surface area contributed by atoms with E-state index in [1.54, 1.807) is 0 Å². The van der Waals surface area contributed by atoms with E-state index in [0.29, 0.717) is 13.0 Å². The van der Waals surface area contributed by atoms with Gasteiger partial charge in [0.15, 0.2) is 0 Å². The SMILES string of the molecule is C=C(C)CC(O)(CN[C@@H](C)c1ccc(Br)cc1)c1ccccc1. The lowest BCUT2D eigenvalue weighted by molar-refractivity contribution is 0.0347. The lowest BCUT2D eigenvalue weighted by atomic mass is 9.87. The second-order valence-corrected chi connectivity index (χ2v) is 7.10. The normalized spacial score (nSPS) is 15.0. The summed E-state index contributed by atoms with van der Waals surface area (Å²) >= 11 is 3.45. The third kappa shape index (κ3) is 5.03. The molecule has 0 amide bonds. The van der Waals surface area contributed by atoms with Crippen LogP contribution in [0.2, 0.25) is 0 Å². The van der Waals surface area contributed by atoms with Crippen molar-refractivity contribution in [3.8, 4) is 0 Å². The molecule has 0 radical (unpaired) electrons. The van der Waals surface area contributed by atoms with Gasteiger partial charge in [0.05, 0.1) is 0 Å². The summed E-state index contributed by atoms with van der Waals surface area (Å²) < 4.78 is 1.07. The Morgan fingerprint density at radius 3 is 2.35 bits per heavy atom. The maximum atomic E-state index is 11.2. The van der Waals surface area contributed by atoms with Crippen molar-refractivity contribution in [1.82, 2.24) is 5.32 Å². The highest BCUT2D eigenvalue weighted by Gasteiger charge is 2.29. The minimum atomic E-state index is -0.948. The van der Waals surface area contributed by atoms with Crippen LogP contribution in [0.4, 0.5) is 0 Å². The highest BCUT2D eigenvalue weighted by atomic mass is 79.9. The largest absolute Gasteiger partial charge is 0.383 e. The Morgan fingerprint density at radius 1 is 1.17 bits per heavy atom. The van der Waals surface area contributed by atoms with Crippen LogP contribution >= 0.6 is 15.9 Å². The van der Waals surface area contributed by atoms with E-state index >= 15 is 0 Å². The van der Waals surface area contributed by atoms with Crippen molar-refractivity contribution >= 4 is 15.9 Å². The van der Waals surface area contributed by atoms with E-state index in [1.807, 2.05) is 49.4 Å². The molecular weight excluding hydrogens is 350 g/mol. The molecule has 3 heteroatoms. The summed E-state index contributed by atoms with van der Waals surface area (Å²) in [5, 5.41) is 14.6. The van der Waals surface area contributed by atoms with E-state index in [9.17, 15) is 5.11 Å². The van der Waals surface area contributed by atoms with E-state index in [2.05, 4.69) is 46.9 Å². The van der Waals surface area contributed by atoms with Crippen molar-refractivity contribution in [2.75, 3.05) is 6.54 Å². The number of halogens is 1. The second kappa shape index (κ2) is 7.91. The predicted octanol–water partition coefficient (Wildman–Crippen LogP) is 4.95. The lowest BCUT2D eigenvalue weighted by Crippen LogP contribution is -2.39. The van der Waals surface area contributed by atoms with Crippen LogP contribution < -0.4 is 5.32 Å². The summed E-state index contributed by atoms with van der Waals surface area (Å²) in [4.78, 5) is 0. The summed E-state index contributed by atoms with van der Waals surface area (Å²) in [6.45, 7) is 8.50. The predicted molar refractivity (Wildman–Crippen MR) is 100 cm³/mol. The first-order valence-electron chi connectivity index (χ1n) is 7.82. The Balaban J connectivity index is 2.12. The van der Waals surface area contributed by atoms with Crippen LogP contribution in [-0.2, 0) is 5.60 Å². The van der Waals surface area contributed by atoms with Gasteiger partial charge in [0, 0.05) is 23.5 Å². The number of benzene rings is 2. The molecule has 2 N–H and O–H groups in total. The molecule has 0 aromatic heterocycles. The van der Waals surface area contributed by atoms with Gasteiger partial charge in [-0.1, -0.05) is 64.0 Å². The molecule has 0 aliphatic heterocycles. The number of nitrogens with one attached hydrogen (secondary N) is 1. The van der Waals surface area contributed by atoms with Gasteiger partial charge >= 0.3 is 0 Å². The minimum Gasteiger partial charge on any atom is -0.383 e. The van der Waals surface area contributed by atoms with E-state index in [4.69, 9.17) is 0 Å². The number of hydrogen-bond acceptors (Lipinski definition) is 2.